The SMILES string of the molecule is CC1(C)OC(=O)C(c2cc(-c3ccc(Cl)cc3)ccc2Cl)C1=O. The van der Waals surface area contributed by atoms with E-state index in [4.69, 9.17) is 27.9 Å². The Balaban J connectivity index is 2.07. The van der Waals surface area contributed by atoms with Gasteiger partial charge in [0.2, 0.25) is 0 Å². The van der Waals surface area contributed by atoms with E-state index in [1.54, 1.807) is 38.1 Å². The third-order valence-electron chi connectivity index (χ3n) is 3.93. The number of ketones is 1. The summed E-state index contributed by atoms with van der Waals surface area (Å²) in [5.74, 6) is -1.82. The van der Waals surface area contributed by atoms with Gasteiger partial charge in [0.1, 0.15) is 5.92 Å². The number of hydrogen-bond acceptors (Lipinski definition) is 3. The Kier molecular flexibility index (Phi) is 3.95. The number of carbonyl (C=O) groups is 2. The van der Waals surface area contributed by atoms with Gasteiger partial charge in [0, 0.05) is 10.0 Å². The molecule has 0 radical (unpaired) electrons. The molecule has 3 rings (SSSR count). The Labute approximate surface area is 144 Å². The van der Waals surface area contributed by atoms with Gasteiger partial charge < -0.3 is 4.74 Å². The molecule has 0 aromatic heterocycles. The summed E-state index contributed by atoms with van der Waals surface area (Å²) in [5.41, 5.74) is 1.12. The molecular weight excluding hydrogens is 335 g/mol. The minimum Gasteiger partial charge on any atom is -0.451 e. The van der Waals surface area contributed by atoms with Crippen molar-refractivity contribution >= 4 is 35.0 Å². The van der Waals surface area contributed by atoms with Crippen LogP contribution in [0.4, 0.5) is 0 Å². The number of ether oxygens (including phenoxy) is 1. The molecule has 0 N–H and O–H groups in total. The molecular formula is C18H14Cl2O3. The molecule has 1 heterocycles. The van der Waals surface area contributed by atoms with E-state index in [0.717, 1.165) is 11.1 Å². The molecule has 1 aliphatic heterocycles. The van der Waals surface area contributed by atoms with Crippen molar-refractivity contribution in [3.05, 3.63) is 58.1 Å². The van der Waals surface area contributed by atoms with Gasteiger partial charge >= 0.3 is 5.97 Å². The number of cyclic esters (lactones) is 1. The summed E-state index contributed by atoms with van der Waals surface area (Å²) in [7, 11) is 0. The third-order valence-corrected chi connectivity index (χ3v) is 4.53. The third kappa shape index (κ3) is 2.87. The lowest BCUT2D eigenvalue weighted by Gasteiger charge is -2.14. The maximum absolute atomic E-state index is 12.5. The topological polar surface area (TPSA) is 43.4 Å². The Morgan fingerprint density at radius 3 is 2.13 bits per heavy atom. The maximum Gasteiger partial charge on any atom is 0.322 e. The monoisotopic (exact) mass is 348 g/mol. The molecule has 0 saturated carbocycles. The first-order chi connectivity index (χ1) is 10.8. The molecule has 1 aliphatic rings. The van der Waals surface area contributed by atoms with Gasteiger partial charge in [0.25, 0.3) is 0 Å². The van der Waals surface area contributed by atoms with Crippen molar-refractivity contribution < 1.29 is 14.3 Å². The highest BCUT2D eigenvalue weighted by Gasteiger charge is 2.50. The van der Waals surface area contributed by atoms with Gasteiger partial charge in [0.05, 0.1) is 0 Å². The van der Waals surface area contributed by atoms with Gasteiger partial charge in [-0.25, -0.2) is 0 Å². The highest BCUT2D eigenvalue weighted by Crippen LogP contribution is 2.38. The second-order valence-corrected chi connectivity index (χ2v) is 6.82. The van der Waals surface area contributed by atoms with Crippen LogP contribution in [0.25, 0.3) is 11.1 Å². The largest absolute Gasteiger partial charge is 0.451 e. The Morgan fingerprint density at radius 1 is 0.957 bits per heavy atom. The standard InChI is InChI=1S/C18H14Cl2O3/c1-18(2)16(21)15(17(22)23-18)13-9-11(5-8-14(13)20)10-3-6-12(19)7-4-10/h3-9,15H,1-2H3. The van der Waals surface area contributed by atoms with E-state index in [2.05, 4.69) is 0 Å². The fourth-order valence-corrected chi connectivity index (χ4v) is 3.02. The van der Waals surface area contributed by atoms with Crippen LogP contribution in [0.5, 0.6) is 0 Å². The molecule has 1 saturated heterocycles. The summed E-state index contributed by atoms with van der Waals surface area (Å²) in [6, 6.07) is 12.6. The van der Waals surface area contributed by atoms with Crippen LogP contribution in [-0.2, 0) is 14.3 Å². The van der Waals surface area contributed by atoms with Gasteiger partial charge in [-0.3, -0.25) is 9.59 Å². The smallest absolute Gasteiger partial charge is 0.322 e. The predicted octanol–water partition coefficient (Wildman–Crippen LogP) is 4.65. The average Bonchev–Trinajstić information content (AvgIpc) is 2.69. The molecule has 2 aromatic carbocycles. The fraction of sp³-hybridized carbons (Fsp3) is 0.222. The summed E-state index contributed by atoms with van der Waals surface area (Å²) in [4.78, 5) is 24.6. The van der Waals surface area contributed by atoms with Crippen LogP contribution in [-0.4, -0.2) is 17.4 Å². The van der Waals surface area contributed by atoms with Crippen LogP contribution in [0, 0.1) is 0 Å². The lowest BCUT2D eigenvalue weighted by Crippen LogP contribution is -2.29. The molecule has 1 fully saturated rings. The first kappa shape index (κ1) is 16.0. The van der Waals surface area contributed by atoms with E-state index in [-0.39, 0.29) is 5.78 Å². The van der Waals surface area contributed by atoms with Crippen molar-refractivity contribution in [2.24, 2.45) is 0 Å². The van der Waals surface area contributed by atoms with Crippen molar-refractivity contribution in [1.82, 2.24) is 0 Å². The molecule has 118 valence electrons. The molecule has 1 atom stereocenters. The van der Waals surface area contributed by atoms with E-state index < -0.39 is 17.5 Å². The Bertz CT molecular complexity index is 794. The second-order valence-electron chi connectivity index (χ2n) is 5.97. The molecule has 2 aromatic rings. The summed E-state index contributed by atoms with van der Waals surface area (Å²) >= 11 is 12.1. The molecule has 0 spiro atoms. The summed E-state index contributed by atoms with van der Waals surface area (Å²) < 4.78 is 5.18. The molecule has 0 bridgehead atoms. The van der Waals surface area contributed by atoms with E-state index in [1.807, 2.05) is 18.2 Å². The van der Waals surface area contributed by atoms with Crippen molar-refractivity contribution in [3.8, 4) is 11.1 Å². The average molecular weight is 349 g/mol. The quantitative estimate of drug-likeness (QED) is 0.586. The Morgan fingerprint density at radius 2 is 1.57 bits per heavy atom. The van der Waals surface area contributed by atoms with Crippen LogP contribution in [0.2, 0.25) is 10.0 Å². The van der Waals surface area contributed by atoms with Crippen LogP contribution in [0.15, 0.2) is 42.5 Å². The summed E-state index contributed by atoms with van der Waals surface area (Å²) in [6.45, 7) is 3.17. The summed E-state index contributed by atoms with van der Waals surface area (Å²) in [6.07, 6.45) is 0. The van der Waals surface area contributed by atoms with Crippen LogP contribution < -0.4 is 0 Å². The number of hydrogen-bond donors (Lipinski definition) is 0. The first-order valence-corrected chi connectivity index (χ1v) is 7.88. The van der Waals surface area contributed by atoms with Gasteiger partial charge in [0.15, 0.2) is 11.4 Å². The highest BCUT2D eigenvalue weighted by molar-refractivity contribution is 6.32. The lowest BCUT2D eigenvalue weighted by molar-refractivity contribution is -0.148. The summed E-state index contributed by atoms with van der Waals surface area (Å²) in [5, 5.41) is 1.01. The van der Waals surface area contributed by atoms with Crippen molar-refractivity contribution in [2.75, 3.05) is 0 Å². The maximum atomic E-state index is 12.5. The Hall–Kier alpha value is -1.84. The van der Waals surface area contributed by atoms with Crippen molar-refractivity contribution in [1.29, 1.82) is 0 Å². The van der Waals surface area contributed by atoms with E-state index in [9.17, 15) is 9.59 Å². The van der Waals surface area contributed by atoms with Gasteiger partial charge in [-0.15, -0.1) is 0 Å². The van der Waals surface area contributed by atoms with Gasteiger partial charge in [-0.2, -0.15) is 0 Å². The van der Waals surface area contributed by atoms with Gasteiger partial charge in [-0.05, 0) is 54.8 Å². The van der Waals surface area contributed by atoms with Crippen LogP contribution >= 0.6 is 23.2 Å². The number of esters is 1. The lowest BCUT2D eigenvalue weighted by atomic mass is 9.88. The number of halogens is 2. The van der Waals surface area contributed by atoms with Crippen molar-refractivity contribution in [2.45, 2.75) is 25.4 Å². The number of benzene rings is 2. The molecule has 0 amide bonds. The normalized spacial score (nSPS) is 19.7. The second kappa shape index (κ2) is 5.66. The van der Waals surface area contributed by atoms with Crippen LogP contribution in [0.3, 0.4) is 0 Å². The molecule has 5 heteroatoms. The van der Waals surface area contributed by atoms with Gasteiger partial charge in [-0.1, -0.05) is 41.4 Å². The van der Waals surface area contributed by atoms with E-state index in [1.165, 1.54) is 0 Å². The molecule has 23 heavy (non-hydrogen) atoms. The zero-order chi connectivity index (χ0) is 16.8. The number of Topliss-reactive ketones (excluding diaryl/α,β-unsaturated/α-hetero) is 1. The highest BCUT2D eigenvalue weighted by atomic mass is 35.5. The zero-order valence-electron chi connectivity index (χ0n) is 12.6. The van der Waals surface area contributed by atoms with Crippen LogP contribution in [0.1, 0.15) is 25.3 Å². The molecule has 1 unspecified atom stereocenters. The molecule has 0 aliphatic carbocycles. The number of rotatable bonds is 2. The van der Waals surface area contributed by atoms with E-state index >= 15 is 0 Å². The van der Waals surface area contributed by atoms with Crippen molar-refractivity contribution in [3.63, 3.8) is 0 Å². The first-order valence-electron chi connectivity index (χ1n) is 7.12. The fourth-order valence-electron chi connectivity index (χ4n) is 2.67. The molecule has 3 nitrogen and oxygen atoms in total. The number of carbonyl (C=O) groups excluding carboxylic acids is 2. The minimum absolute atomic E-state index is 0.280. The minimum atomic E-state index is -1.12. The van der Waals surface area contributed by atoms with E-state index in [0.29, 0.717) is 15.6 Å². The predicted molar refractivity (Wildman–Crippen MR) is 89.8 cm³/mol. The zero-order valence-corrected chi connectivity index (χ0v) is 14.1.